The molecule has 1 rings (SSSR count). The molecule has 0 spiro atoms. The number of nitrogens with two attached hydrogens (primary N) is 1. The molecular weight excluding hydrogens is 265 g/mol. The molecule has 0 bridgehead atoms. The second-order valence-electron chi connectivity index (χ2n) is 3.32. The van der Waals surface area contributed by atoms with E-state index in [4.69, 9.17) is 10.8 Å². The van der Waals surface area contributed by atoms with Crippen molar-refractivity contribution in [1.29, 1.82) is 0 Å². The number of halogens is 2. The summed E-state index contributed by atoms with van der Waals surface area (Å²) < 4.78 is 14.0. The molecule has 2 unspecified atom stereocenters. The Morgan fingerprint density at radius 1 is 1.60 bits per heavy atom. The molecule has 1 aromatic carbocycles. The van der Waals surface area contributed by atoms with Crippen molar-refractivity contribution in [2.24, 2.45) is 11.7 Å². The van der Waals surface area contributed by atoms with Crippen LogP contribution in [0.25, 0.3) is 0 Å². The Bertz CT molecular complexity index is 384. The van der Waals surface area contributed by atoms with E-state index in [2.05, 4.69) is 15.9 Å². The maximum atomic E-state index is 13.4. The van der Waals surface area contributed by atoms with Crippen molar-refractivity contribution >= 4 is 21.9 Å². The topological polar surface area (TPSA) is 63.3 Å². The summed E-state index contributed by atoms with van der Waals surface area (Å²) in [6.45, 7) is 1.45. The number of carboxylic acid groups (broad SMARTS) is 1. The molecule has 82 valence electrons. The molecule has 0 amide bonds. The largest absolute Gasteiger partial charge is 0.481 e. The molecule has 2 atom stereocenters. The minimum absolute atomic E-state index is 0.208. The maximum absolute atomic E-state index is 13.4. The van der Waals surface area contributed by atoms with E-state index in [1.807, 2.05) is 0 Å². The number of carboxylic acids is 1. The van der Waals surface area contributed by atoms with Gasteiger partial charge in [0.2, 0.25) is 0 Å². The average Bonchev–Trinajstić information content (AvgIpc) is 2.19. The van der Waals surface area contributed by atoms with Gasteiger partial charge < -0.3 is 10.8 Å². The number of rotatable bonds is 3. The van der Waals surface area contributed by atoms with Crippen LogP contribution in [0.4, 0.5) is 4.39 Å². The lowest BCUT2D eigenvalue weighted by molar-refractivity contribution is -0.141. The highest BCUT2D eigenvalue weighted by Crippen LogP contribution is 2.25. The third-order valence-electron chi connectivity index (χ3n) is 2.25. The van der Waals surface area contributed by atoms with E-state index < -0.39 is 23.7 Å². The van der Waals surface area contributed by atoms with Gasteiger partial charge in [-0.15, -0.1) is 0 Å². The summed E-state index contributed by atoms with van der Waals surface area (Å²) in [6.07, 6.45) is 0. The molecule has 0 aliphatic heterocycles. The van der Waals surface area contributed by atoms with Crippen molar-refractivity contribution in [1.82, 2.24) is 0 Å². The normalized spacial score (nSPS) is 14.7. The van der Waals surface area contributed by atoms with Crippen LogP contribution >= 0.6 is 15.9 Å². The predicted molar refractivity (Wildman–Crippen MR) is 57.8 cm³/mol. The van der Waals surface area contributed by atoms with Gasteiger partial charge in [0.05, 0.1) is 5.92 Å². The van der Waals surface area contributed by atoms with E-state index in [0.29, 0.717) is 4.47 Å². The smallest absolute Gasteiger partial charge is 0.308 e. The third-order valence-corrected chi connectivity index (χ3v) is 2.74. The lowest BCUT2D eigenvalue weighted by Crippen LogP contribution is -2.26. The first-order valence-corrected chi connectivity index (χ1v) is 5.16. The zero-order valence-electron chi connectivity index (χ0n) is 8.08. The van der Waals surface area contributed by atoms with Crippen LogP contribution < -0.4 is 5.73 Å². The van der Waals surface area contributed by atoms with Crippen molar-refractivity contribution < 1.29 is 14.3 Å². The molecule has 0 aromatic heterocycles. The molecule has 0 saturated carbocycles. The molecule has 0 saturated heterocycles. The standard InChI is InChI=1S/C10H11BrFNO2/c1-5(10(14)15)9(13)7-4-6(11)2-3-8(7)12/h2-5,9H,13H2,1H3,(H,14,15). The van der Waals surface area contributed by atoms with Gasteiger partial charge in [0, 0.05) is 16.1 Å². The first-order chi connectivity index (χ1) is 6.93. The van der Waals surface area contributed by atoms with Crippen LogP contribution in [0, 0.1) is 11.7 Å². The summed E-state index contributed by atoms with van der Waals surface area (Å²) >= 11 is 3.18. The molecule has 0 aliphatic rings. The number of carbonyl (C=O) groups is 1. The van der Waals surface area contributed by atoms with E-state index in [9.17, 15) is 9.18 Å². The van der Waals surface area contributed by atoms with Gasteiger partial charge in [-0.2, -0.15) is 0 Å². The van der Waals surface area contributed by atoms with Gasteiger partial charge in [-0.05, 0) is 18.2 Å². The summed E-state index contributed by atoms with van der Waals surface area (Å²) in [5.41, 5.74) is 5.88. The van der Waals surface area contributed by atoms with Crippen LogP contribution in [-0.4, -0.2) is 11.1 Å². The SMILES string of the molecule is CC(C(=O)O)C(N)c1cc(Br)ccc1F. The zero-order chi connectivity index (χ0) is 11.6. The van der Waals surface area contributed by atoms with Gasteiger partial charge in [-0.3, -0.25) is 4.79 Å². The number of benzene rings is 1. The summed E-state index contributed by atoms with van der Waals surface area (Å²) in [6, 6.07) is 3.45. The van der Waals surface area contributed by atoms with Crippen molar-refractivity contribution in [2.45, 2.75) is 13.0 Å². The first kappa shape index (κ1) is 12.1. The lowest BCUT2D eigenvalue weighted by atomic mass is 9.95. The minimum Gasteiger partial charge on any atom is -0.481 e. The molecule has 0 fully saturated rings. The molecule has 15 heavy (non-hydrogen) atoms. The maximum Gasteiger partial charge on any atom is 0.308 e. The van der Waals surface area contributed by atoms with Gasteiger partial charge >= 0.3 is 5.97 Å². The van der Waals surface area contributed by atoms with Crippen molar-refractivity contribution in [3.63, 3.8) is 0 Å². The molecule has 1 aromatic rings. The van der Waals surface area contributed by atoms with Crippen molar-refractivity contribution in [3.05, 3.63) is 34.1 Å². The van der Waals surface area contributed by atoms with E-state index in [1.165, 1.54) is 25.1 Å². The fourth-order valence-electron chi connectivity index (χ4n) is 1.19. The van der Waals surface area contributed by atoms with E-state index in [0.717, 1.165) is 0 Å². The van der Waals surface area contributed by atoms with Gasteiger partial charge in [0.15, 0.2) is 0 Å². The van der Waals surface area contributed by atoms with Crippen LogP contribution in [0.1, 0.15) is 18.5 Å². The highest BCUT2D eigenvalue weighted by molar-refractivity contribution is 9.10. The zero-order valence-corrected chi connectivity index (χ0v) is 9.66. The van der Waals surface area contributed by atoms with Crippen molar-refractivity contribution in [2.75, 3.05) is 0 Å². The van der Waals surface area contributed by atoms with Crippen LogP contribution in [0.5, 0.6) is 0 Å². The van der Waals surface area contributed by atoms with Crippen LogP contribution in [0.3, 0.4) is 0 Å². The Morgan fingerprint density at radius 3 is 2.73 bits per heavy atom. The Hall–Kier alpha value is -0.940. The number of hydrogen-bond acceptors (Lipinski definition) is 2. The summed E-state index contributed by atoms with van der Waals surface area (Å²) in [5, 5.41) is 8.76. The predicted octanol–water partition coefficient (Wildman–Crippen LogP) is 2.31. The Kier molecular flexibility index (Phi) is 3.82. The fraction of sp³-hybridized carbons (Fsp3) is 0.300. The van der Waals surface area contributed by atoms with Crippen molar-refractivity contribution in [3.8, 4) is 0 Å². The summed E-state index contributed by atoms with van der Waals surface area (Å²) in [4.78, 5) is 10.7. The first-order valence-electron chi connectivity index (χ1n) is 4.37. The second-order valence-corrected chi connectivity index (χ2v) is 4.23. The fourth-order valence-corrected chi connectivity index (χ4v) is 1.57. The molecular formula is C10H11BrFNO2. The monoisotopic (exact) mass is 275 g/mol. The molecule has 3 nitrogen and oxygen atoms in total. The molecule has 5 heteroatoms. The molecule has 0 aliphatic carbocycles. The number of hydrogen-bond donors (Lipinski definition) is 2. The van der Waals surface area contributed by atoms with Crippen LogP contribution in [0.2, 0.25) is 0 Å². The molecule has 0 heterocycles. The average molecular weight is 276 g/mol. The lowest BCUT2D eigenvalue weighted by Gasteiger charge is -2.17. The van der Waals surface area contributed by atoms with Gasteiger partial charge in [-0.1, -0.05) is 22.9 Å². The molecule has 0 radical (unpaired) electrons. The number of aliphatic carboxylic acids is 1. The summed E-state index contributed by atoms with van der Waals surface area (Å²) in [5.74, 6) is -2.35. The Labute approximate surface area is 95.2 Å². The summed E-state index contributed by atoms with van der Waals surface area (Å²) in [7, 11) is 0. The van der Waals surface area contributed by atoms with Crippen LogP contribution in [-0.2, 0) is 4.79 Å². The van der Waals surface area contributed by atoms with Gasteiger partial charge in [0.25, 0.3) is 0 Å². The van der Waals surface area contributed by atoms with Gasteiger partial charge in [-0.25, -0.2) is 4.39 Å². The van der Waals surface area contributed by atoms with Crippen LogP contribution in [0.15, 0.2) is 22.7 Å². The van der Waals surface area contributed by atoms with E-state index >= 15 is 0 Å². The molecule has 3 N–H and O–H groups in total. The van der Waals surface area contributed by atoms with Gasteiger partial charge in [0.1, 0.15) is 5.82 Å². The van der Waals surface area contributed by atoms with E-state index in [1.54, 1.807) is 0 Å². The quantitative estimate of drug-likeness (QED) is 0.890. The highest BCUT2D eigenvalue weighted by Gasteiger charge is 2.23. The Balaban J connectivity index is 3.04. The van der Waals surface area contributed by atoms with E-state index in [-0.39, 0.29) is 5.56 Å². The highest BCUT2D eigenvalue weighted by atomic mass is 79.9. The third kappa shape index (κ3) is 2.76. The minimum atomic E-state index is -1.04. The second kappa shape index (κ2) is 4.72. The Morgan fingerprint density at radius 2 is 2.20 bits per heavy atom.